The maximum absolute atomic E-state index is 3.82. The van der Waals surface area contributed by atoms with Gasteiger partial charge in [0.25, 0.3) is 0 Å². The highest BCUT2D eigenvalue weighted by atomic mass is 15.0. The highest BCUT2D eigenvalue weighted by Gasteiger charge is 2.45. The summed E-state index contributed by atoms with van der Waals surface area (Å²) in [6, 6.07) is 68.3. The van der Waals surface area contributed by atoms with E-state index < -0.39 is 0 Å². The van der Waals surface area contributed by atoms with Crippen molar-refractivity contribution in [2.45, 2.75) is 31.6 Å². The Hall–Kier alpha value is -7.16. The monoisotopic (exact) mass is 752 g/mol. The number of aromatic nitrogens is 1. The maximum Gasteiger partial charge on any atom is 0.0623 e. The van der Waals surface area contributed by atoms with E-state index in [1.807, 2.05) is 0 Å². The van der Waals surface area contributed by atoms with Gasteiger partial charge in [-0.2, -0.15) is 0 Å². The average Bonchev–Trinajstić information content (AvgIpc) is 3.80. The zero-order chi connectivity index (χ0) is 39.2. The summed E-state index contributed by atoms with van der Waals surface area (Å²) in [7, 11) is 0. The van der Waals surface area contributed by atoms with Gasteiger partial charge in [-0.3, -0.25) is 0 Å². The molecular formula is C57H40N2. The first-order valence-corrected chi connectivity index (χ1v) is 20.8. The quantitative estimate of drug-likeness (QED) is 0.189. The molecule has 0 saturated carbocycles. The molecule has 9 aromatic carbocycles. The van der Waals surface area contributed by atoms with Crippen molar-refractivity contribution in [2.75, 3.05) is 5.32 Å². The van der Waals surface area contributed by atoms with E-state index in [-0.39, 0.29) is 10.8 Å². The molecule has 0 saturated heterocycles. The molecule has 278 valence electrons. The molecule has 0 spiro atoms. The van der Waals surface area contributed by atoms with Crippen LogP contribution in [0.4, 0.5) is 11.4 Å². The van der Waals surface area contributed by atoms with Crippen molar-refractivity contribution in [3.8, 4) is 50.2 Å². The van der Waals surface area contributed by atoms with Gasteiger partial charge in [0.2, 0.25) is 0 Å². The fourth-order valence-corrected chi connectivity index (χ4v) is 11.3. The Morgan fingerprint density at radius 2 is 1.14 bits per heavy atom. The van der Waals surface area contributed by atoms with Gasteiger partial charge < -0.3 is 9.88 Å². The van der Waals surface area contributed by atoms with Crippen LogP contribution in [0.25, 0.3) is 82.8 Å². The van der Waals surface area contributed by atoms with Gasteiger partial charge in [-0.25, -0.2) is 0 Å². The fraction of sp³-hybridized carbons (Fsp3) is 0.0877. The molecule has 1 aromatic heterocycles. The molecule has 10 aromatic rings. The van der Waals surface area contributed by atoms with E-state index in [9.17, 15) is 0 Å². The zero-order valence-electron chi connectivity index (χ0n) is 33.3. The summed E-state index contributed by atoms with van der Waals surface area (Å²) < 4.78 is 2.55. The third-order valence-electron chi connectivity index (χ3n) is 14.2. The lowest BCUT2D eigenvalue weighted by Crippen LogP contribution is -2.22. The van der Waals surface area contributed by atoms with Crippen LogP contribution in [0.15, 0.2) is 182 Å². The van der Waals surface area contributed by atoms with Gasteiger partial charge in [0, 0.05) is 44.1 Å². The largest absolute Gasteiger partial charge is 0.355 e. The molecule has 0 fully saturated rings. The van der Waals surface area contributed by atoms with E-state index in [0.717, 1.165) is 11.4 Å². The van der Waals surface area contributed by atoms with Crippen molar-refractivity contribution in [2.24, 2.45) is 0 Å². The van der Waals surface area contributed by atoms with Crippen molar-refractivity contribution < 1.29 is 0 Å². The fourth-order valence-electron chi connectivity index (χ4n) is 11.3. The van der Waals surface area contributed by atoms with Gasteiger partial charge >= 0.3 is 0 Å². The molecule has 13 rings (SSSR count). The van der Waals surface area contributed by atoms with Gasteiger partial charge in [0.1, 0.15) is 0 Å². The van der Waals surface area contributed by atoms with Crippen LogP contribution in [-0.2, 0) is 10.8 Å². The van der Waals surface area contributed by atoms with Crippen molar-refractivity contribution in [1.29, 1.82) is 0 Å². The third kappa shape index (κ3) is 4.25. The molecule has 1 unspecified atom stereocenters. The van der Waals surface area contributed by atoms with Crippen LogP contribution in [0.5, 0.6) is 0 Å². The molecule has 0 radical (unpaired) electrons. The minimum atomic E-state index is -0.365. The third-order valence-corrected chi connectivity index (χ3v) is 14.2. The Balaban J connectivity index is 1.04. The first kappa shape index (κ1) is 32.9. The summed E-state index contributed by atoms with van der Waals surface area (Å²) >= 11 is 0. The number of para-hydroxylation sites is 2. The normalized spacial score (nSPS) is 16.3. The van der Waals surface area contributed by atoms with E-state index in [1.165, 1.54) is 111 Å². The summed E-state index contributed by atoms with van der Waals surface area (Å²) in [6.45, 7) is 7.13. The Morgan fingerprint density at radius 1 is 0.424 bits per heavy atom. The van der Waals surface area contributed by atoms with Crippen LogP contribution in [0.3, 0.4) is 0 Å². The molecular weight excluding hydrogens is 713 g/mol. The van der Waals surface area contributed by atoms with E-state index in [0.29, 0.717) is 0 Å². The average molecular weight is 753 g/mol. The number of hydrogen-bond acceptors (Lipinski definition) is 1. The molecule has 3 aliphatic rings. The molecule has 0 amide bonds. The Kier molecular flexibility index (Phi) is 6.40. The summed E-state index contributed by atoms with van der Waals surface area (Å²) in [5, 5.41) is 8.88. The van der Waals surface area contributed by atoms with Crippen molar-refractivity contribution >= 4 is 44.0 Å². The number of nitrogens with zero attached hydrogens (tertiary/aromatic N) is 1. The van der Waals surface area contributed by atoms with Crippen LogP contribution in [-0.4, -0.2) is 4.57 Å². The lowest BCUT2D eigenvalue weighted by atomic mass is 9.73. The van der Waals surface area contributed by atoms with Crippen molar-refractivity contribution in [1.82, 2.24) is 4.57 Å². The number of fused-ring (bicyclic) bond motifs is 10. The van der Waals surface area contributed by atoms with Gasteiger partial charge in [0.05, 0.1) is 16.7 Å². The lowest BCUT2D eigenvalue weighted by molar-refractivity contribution is 0.660. The molecule has 59 heavy (non-hydrogen) atoms. The Bertz CT molecular complexity index is 3460. The van der Waals surface area contributed by atoms with Crippen LogP contribution in [0.1, 0.15) is 48.6 Å². The smallest absolute Gasteiger partial charge is 0.0623 e. The molecule has 1 atom stereocenters. The lowest BCUT2D eigenvalue weighted by Gasteiger charge is -2.29. The second kappa shape index (κ2) is 11.5. The van der Waals surface area contributed by atoms with E-state index >= 15 is 0 Å². The number of nitrogens with one attached hydrogen (secondary N) is 1. The highest BCUT2D eigenvalue weighted by molar-refractivity contribution is 6.19. The predicted octanol–water partition coefficient (Wildman–Crippen LogP) is 15.0. The van der Waals surface area contributed by atoms with Crippen LogP contribution in [0.2, 0.25) is 0 Å². The summed E-state index contributed by atoms with van der Waals surface area (Å²) in [4.78, 5) is 0. The minimum Gasteiger partial charge on any atom is -0.355 e. The topological polar surface area (TPSA) is 17.0 Å². The molecule has 1 N–H and O–H groups in total. The van der Waals surface area contributed by atoms with E-state index in [2.05, 4.69) is 213 Å². The van der Waals surface area contributed by atoms with Gasteiger partial charge in [-0.1, -0.05) is 147 Å². The zero-order valence-corrected chi connectivity index (χ0v) is 33.3. The minimum absolute atomic E-state index is 0.0153. The molecule has 2 nitrogen and oxygen atoms in total. The van der Waals surface area contributed by atoms with Crippen LogP contribution >= 0.6 is 0 Å². The SMILES string of the molecule is CC1(C)c2ccccc2-c2cc(Nc3ccc4cccc(-c5cc6c7c(c5)C(C)(c5ccccc5)c5ccc8c9ccccc9n(c8c5-7)-c5ccccc5-6)c4c3)ccc21. The molecule has 0 bridgehead atoms. The first-order chi connectivity index (χ1) is 28.9. The van der Waals surface area contributed by atoms with E-state index in [4.69, 9.17) is 0 Å². The number of anilines is 2. The first-order valence-electron chi connectivity index (χ1n) is 20.8. The summed E-state index contributed by atoms with van der Waals surface area (Å²) in [5.74, 6) is 0. The van der Waals surface area contributed by atoms with Gasteiger partial charge in [0.15, 0.2) is 0 Å². The molecule has 1 aliphatic heterocycles. The standard InChI is InChI=1S/C57H40N2/c1-56(2)47-21-10-7-17-40(47)45-33-38(26-28-48(45)56)58-37-25-24-34-14-13-20-39(44(34)32-37)35-30-46-42-19-9-12-23-52(42)59-51-22-11-8-18-41(51)43-27-29-49-54(55(43)59)53(46)50(31-35)57(49,3)36-15-5-4-6-16-36/h4-33,58H,1-3H3. The summed E-state index contributed by atoms with van der Waals surface area (Å²) in [5.41, 5.74) is 22.8. The molecule has 2 heteroatoms. The number of hydrogen-bond donors (Lipinski definition) is 1. The van der Waals surface area contributed by atoms with Crippen molar-refractivity contribution in [3.63, 3.8) is 0 Å². The highest BCUT2D eigenvalue weighted by Crippen LogP contribution is 2.61. The van der Waals surface area contributed by atoms with E-state index in [1.54, 1.807) is 0 Å². The molecule has 2 heterocycles. The second-order valence-electron chi connectivity index (χ2n) is 17.5. The summed E-state index contributed by atoms with van der Waals surface area (Å²) in [6.07, 6.45) is 0. The number of benzene rings is 9. The Morgan fingerprint density at radius 3 is 2.03 bits per heavy atom. The van der Waals surface area contributed by atoms with Crippen molar-refractivity contribution in [3.05, 3.63) is 210 Å². The number of rotatable bonds is 4. The van der Waals surface area contributed by atoms with Crippen LogP contribution in [0, 0.1) is 0 Å². The molecule has 2 aliphatic carbocycles. The Labute approximate surface area is 344 Å². The van der Waals surface area contributed by atoms with Gasteiger partial charge in [-0.05, 0) is 127 Å². The second-order valence-corrected chi connectivity index (χ2v) is 17.5. The van der Waals surface area contributed by atoms with Crippen LogP contribution < -0.4 is 5.32 Å². The maximum atomic E-state index is 3.82. The predicted molar refractivity (Wildman–Crippen MR) is 247 cm³/mol. The van der Waals surface area contributed by atoms with Gasteiger partial charge in [-0.15, -0.1) is 0 Å².